The maximum absolute atomic E-state index is 12.9. The zero-order valence-corrected chi connectivity index (χ0v) is 16.3. The summed E-state index contributed by atoms with van der Waals surface area (Å²) in [5, 5.41) is 10.6. The lowest BCUT2D eigenvalue weighted by Gasteiger charge is -2.20. The number of thioether (sulfide) groups is 1. The van der Waals surface area contributed by atoms with Crippen LogP contribution in [0.15, 0.2) is 64.2 Å². The van der Waals surface area contributed by atoms with Gasteiger partial charge in [-0.1, -0.05) is 24.3 Å². The molecule has 0 spiro atoms. The Hall–Kier alpha value is -3.47. The molecule has 0 saturated carbocycles. The number of fused-ring (bicyclic) bond motifs is 1. The fourth-order valence-corrected chi connectivity index (χ4v) is 3.44. The van der Waals surface area contributed by atoms with Crippen molar-refractivity contribution in [2.45, 2.75) is 12.8 Å². The number of hydrogen-bond donors (Lipinski definition) is 1. The van der Waals surface area contributed by atoms with Crippen LogP contribution in [0.3, 0.4) is 0 Å². The maximum atomic E-state index is 12.9. The predicted molar refractivity (Wildman–Crippen MR) is 108 cm³/mol. The van der Waals surface area contributed by atoms with Gasteiger partial charge in [0.05, 0.1) is 5.57 Å². The predicted octanol–water partition coefficient (Wildman–Crippen LogP) is 4.59. The Labute approximate surface area is 177 Å². The van der Waals surface area contributed by atoms with Crippen molar-refractivity contribution >= 4 is 39.8 Å². The highest BCUT2D eigenvalue weighted by molar-refractivity contribution is 8.27. The largest absolute Gasteiger partial charge is 0.489 e. The highest BCUT2D eigenvalue weighted by Crippen LogP contribution is 2.35. The number of nitrogens with one attached hydrogen (secondary N) is 1. The van der Waals surface area contributed by atoms with Gasteiger partial charge in [-0.05, 0) is 53.2 Å². The highest BCUT2D eigenvalue weighted by Gasteiger charge is 2.46. The third-order valence-electron chi connectivity index (χ3n) is 4.21. The summed E-state index contributed by atoms with van der Waals surface area (Å²) in [6.07, 6.45) is -3.35. The van der Waals surface area contributed by atoms with Gasteiger partial charge in [-0.25, -0.2) is 4.39 Å². The van der Waals surface area contributed by atoms with Crippen LogP contribution >= 0.6 is 11.8 Å². The second kappa shape index (κ2) is 7.99. The van der Waals surface area contributed by atoms with Gasteiger partial charge >= 0.3 is 6.18 Å². The number of nitrogens with zero attached hydrogens (tertiary/aromatic N) is 3. The van der Waals surface area contributed by atoms with Crippen LogP contribution in [0.5, 0.6) is 5.75 Å². The Morgan fingerprint density at radius 2 is 1.77 bits per heavy atom. The molecule has 1 N–H and O–H groups in total. The fraction of sp³-hybridized carbons (Fsp3) is 0.100. The number of aliphatic imine (C=N–C) groups is 1. The van der Waals surface area contributed by atoms with Crippen molar-refractivity contribution in [2.75, 3.05) is 0 Å². The summed E-state index contributed by atoms with van der Waals surface area (Å²) in [7, 11) is 0. The Balaban J connectivity index is 1.48. The molecule has 2 aliphatic heterocycles. The minimum Gasteiger partial charge on any atom is -0.489 e. The van der Waals surface area contributed by atoms with Crippen molar-refractivity contribution in [1.29, 1.82) is 5.41 Å². The first-order valence-corrected chi connectivity index (χ1v) is 9.57. The molecule has 6 nitrogen and oxygen atoms in total. The molecular weight excluding hydrogens is 436 g/mol. The minimum atomic E-state index is -4.69. The number of halogens is 4. The van der Waals surface area contributed by atoms with E-state index in [1.54, 1.807) is 36.4 Å². The molecule has 11 heteroatoms. The summed E-state index contributed by atoms with van der Waals surface area (Å²) in [5.41, 5.74) is 1.12. The molecule has 0 atom stereocenters. The van der Waals surface area contributed by atoms with E-state index in [4.69, 9.17) is 10.1 Å². The third-order valence-corrected chi connectivity index (χ3v) is 5.16. The van der Waals surface area contributed by atoms with Crippen molar-refractivity contribution in [2.24, 2.45) is 10.1 Å². The first-order chi connectivity index (χ1) is 14.7. The smallest absolute Gasteiger partial charge is 0.441 e. The van der Waals surface area contributed by atoms with Crippen molar-refractivity contribution in [1.82, 2.24) is 5.01 Å². The normalized spacial score (nSPS) is 17.5. The first kappa shape index (κ1) is 20.8. The summed E-state index contributed by atoms with van der Waals surface area (Å²) in [4.78, 5) is 15.9. The zero-order valence-electron chi connectivity index (χ0n) is 15.5. The van der Waals surface area contributed by atoms with Crippen molar-refractivity contribution in [3.8, 4) is 5.75 Å². The van der Waals surface area contributed by atoms with Gasteiger partial charge in [-0.2, -0.15) is 28.3 Å². The van der Waals surface area contributed by atoms with Crippen LogP contribution in [0.25, 0.3) is 6.08 Å². The van der Waals surface area contributed by atoms with Gasteiger partial charge in [0.2, 0.25) is 10.2 Å². The van der Waals surface area contributed by atoms with Crippen LogP contribution in [-0.2, 0) is 11.4 Å². The van der Waals surface area contributed by atoms with Crippen LogP contribution < -0.4 is 4.74 Å². The second-order valence-corrected chi connectivity index (χ2v) is 7.36. The lowest BCUT2D eigenvalue weighted by atomic mass is 10.1. The van der Waals surface area contributed by atoms with Crippen LogP contribution in [0.1, 0.15) is 11.1 Å². The number of alkyl halides is 3. The van der Waals surface area contributed by atoms with Crippen molar-refractivity contribution < 1.29 is 27.1 Å². The van der Waals surface area contributed by atoms with E-state index in [9.17, 15) is 22.4 Å². The molecule has 2 heterocycles. The van der Waals surface area contributed by atoms with E-state index in [0.717, 1.165) is 5.56 Å². The van der Waals surface area contributed by atoms with Crippen LogP contribution in [0.2, 0.25) is 0 Å². The van der Waals surface area contributed by atoms with E-state index < -0.39 is 23.0 Å². The van der Waals surface area contributed by atoms with E-state index in [1.165, 1.54) is 18.2 Å². The summed E-state index contributed by atoms with van der Waals surface area (Å²) in [5.74, 6) is -1.13. The molecule has 1 amide bonds. The van der Waals surface area contributed by atoms with Gasteiger partial charge in [0.1, 0.15) is 18.2 Å². The summed E-state index contributed by atoms with van der Waals surface area (Å²) < 4.78 is 57.1. The standard InChI is InChI=1S/C20H12F4N4O2S/c21-13-5-1-12(2-6-13)10-30-14-7-3-11(4-8-14)9-15-16(25)28-19(26-17(15)29)31-18(27-28)20(22,23)24/h1-9,25H,10H2. The van der Waals surface area contributed by atoms with Crippen molar-refractivity contribution in [3.05, 3.63) is 71.0 Å². The number of hydrazone groups is 1. The molecule has 2 aromatic rings. The molecule has 158 valence electrons. The molecule has 0 saturated heterocycles. The SMILES string of the molecule is N=C1C(=Cc2ccc(OCc3ccc(F)cc3)cc2)C(=O)N=C2SC(C(F)(F)F)=NN12. The summed E-state index contributed by atoms with van der Waals surface area (Å²) in [6.45, 7) is 0.230. The number of hydrogen-bond acceptors (Lipinski definition) is 5. The number of ether oxygens (including phenoxy) is 1. The monoisotopic (exact) mass is 448 g/mol. The Kier molecular flexibility index (Phi) is 5.36. The highest BCUT2D eigenvalue weighted by atomic mass is 32.2. The average molecular weight is 448 g/mol. The van der Waals surface area contributed by atoms with Crippen LogP contribution in [-0.4, -0.2) is 33.1 Å². The maximum Gasteiger partial charge on any atom is 0.441 e. The molecule has 0 unspecified atom stereocenters. The molecule has 0 aliphatic carbocycles. The average Bonchev–Trinajstić information content (AvgIpc) is 3.16. The van der Waals surface area contributed by atoms with Gasteiger partial charge < -0.3 is 4.74 Å². The Morgan fingerprint density at radius 1 is 1.10 bits per heavy atom. The lowest BCUT2D eigenvalue weighted by molar-refractivity contribution is -0.114. The van der Waals surface area contributed by atoms with Crippen LogP contribution in [0, 0.1) is 11.2 Å². The Morgan fingerprint density at radius 3 is 2.42 bits per heavy atom. The topological polar surface area (TPSA) is 78.1 Å². The molecular formula is C20H12F4N4O2S. The molecule has 0 fully saturated rings. The number of benzene rings is 2. The third kappa shape index (κ3) is 4.50. The minimum absolute atomic E-state index is 0.184. The second-order valence-electron chi connectivity index (χ2n) is 6.41. The van der Waals surface area contributed by atoms with Gasteiger partial charge in [0.15, 0.2) is 5.84 Å². The lowest BCUT2D eigenvalue weighted by Crippen LogP contribution is -2.35. The number of rotatable bonds is 4. The number of amidine groups is 2. The van der Waals surface area contributed by atoms with E-state index in [-0.39, 0.29) is 34.9 Å². The van der Waals surface area contributed by atoms with Gasteiger partial charge in [-0.15, -0.1) is 0 Å². The molecule has 0 bridgehead atoms. The van der Waals surface area contributed by atoms with Crippen molar-refractivity contribution in [3.63, 3.8) is 0 Å². The summed E-state index contributed by atoms with van der Waals surface area (Å²) >= 11 is 0.198. The van der Waals surface area contributed by atoms with Gasteiger partial charge in [0.25, 0.3) is 5.91 Å². The van der Waals surface area contributed by atoms with E-state index in [1.807, 2.05) is 0 Å². The molecule has 2 aromatic carbocycles. The quantitative estimate of drug-likeness (QED) is 0.549. The van der Waals surface area contributed by atoms with E-state index in [2.05, 4.69) is 10.1 Å². The zero-order chi connectivity index (χ0) is 22.2. The first-order valence-electron chi connectivity index (χ1n) is 8.75. The fourth-order valence-electron chi connectivity index (χ4n) is 2.68. The van der Waals surface area contributed by atoms with E-state index >= 15 is 0 Å². The summed E-state index contributed by atoms with van der Waals surface area (Å²) in [6, 6.07) is 12.4. The Bertz CT molecular complexity index is 1140. The number of amides is 1. The molecule has 2 aliphatic rings. The van der Waals surface area contributed by atoms with Crippen LogP contribution in [0.4, 0.5) is 17.6 Å². The van der Waals surface area contributed by atoms with Gasteiger partial charge in [-0.3, -0.25) is 10.2 Å². The van der Waals surface area contributed by atoms with E-state index in [0.29, 0.717) is 16.3 Å². The molecule has 0 radical (unpaired) electrons. The molecule has 0 aromatic heterocycles. The van der Waals surface area contributed by atoms with Gasteiger partial charge in [0, 0.05) is 0 Å². The number of carbonyl (C=O) groups is 1. The number of carbonyl (C=O) groups excluding carboxylic acids is 1. The molecule has 31 heavy (non-hydrogen) atoms. The molecule has 4 rings (SSSR count).